The fraction of sp³-hybridized carbons (Fsp3) is 0.467. The lowest BCUT2D eigenvalue weighted by atomic mass is 10.2. The third-order valence-electron chi connectivity index (χ3n) is 3.30. The fourth-order valence-electron chi connectivity index (χ4n) is 2.27. The molecule has 2 rings (SSSR count). The molecule has 6 nitrogen and oxygen atoms in total. The van der Waals surface area contributed by atoms with Crippen molar-refractivity contribution in [1.29, 1.82) is 0 Å². The van der Waals surface area contributed by atoms with Crippen molar-refractivity contribution < 1.29 is 5.11 Å². The highest BCUT2D eigenvalue weighted by molar-refractivity contribution is 5.30. The van der Waals surface area contributed by atoms with E-state index in [1.165, 1.54) is 0 Å². The number of anilines is 1. The van der Waals surface area contributed by atoms with Crippen LogP contribution < -0.4 is 5.73 Å². The molecule has 0 saturated heterocycles. The number of aromatic nitrogens is 3. The molecule has 3 N–H and O–H groups in total. The topological polar surface area (TPSA) is 80.2 Å². The molecule has 0 bridgehead atoms. The van der Waals surface area contributed by atoms with Gasteiger partial charge in [-0.25, -0.2) is 0 Å². The van der Waals surface area contributed by atoms with Crippen LogP contribution in [-0.4, -0.2) is 44.0 Å². The first-order chi connectivity index (χ1) is 10.1. The van der Waals surface area contributed by atoms with E-state index in [2.05, 4.69) is 21.9 Å². The quantitative estimate of drug-likeness (QED) is 0.796. The maximum Gasteiger partial charge on any atom is 0.0862 e. The van der Waals surface area contributed by atoms with Crippen molar-refractivity contribution in [3.05, 3.63) is 42.0 Å². The number of nitrogens with zero attached hydrogens (tertiary/aromatic N) is 4. The van der Waals surface area contributed by atoms with Crippen LogP contribution in [0.15, 0.2) is 30.6 Å². The van der Waals surface area contributed by atoms with Gasteiger partial charge in [0.1, 0.15) is 0 Å². The van der Waals surface area contributed by atoms with Crippen molar-refractivity contribution in [3.63, 3.8) is 0 Å². The van der Waals surface area contributed by atoms with Crippen LogP contribution in [0.25, 0.3) is 0 Å². The number of aliphatic hydroxyl groups excluding tert-OH is 1. The van der Waals surface area contributed by atoms with Crippen LogP contribution in [0.5, 0.6) is 0 Å². The minimum atomic E-state index is -0.492. The second-order valence-corrected chi connectivity index (χ2v) is 5.25. The van der Waals surface area contributed by atoms with Gasteiger partial charge in [-0.15, -0.1) is 0 Å². The zero-order chi connectivity index (χ0) is 15.2. The maximum absolute atomic E-state index is 10.2. The van der Waals surface area contributed by atoms with E-state index >= 15 is 0 Å². The van der Waals surface area contributed by atoms with Gasteiger partial charge in [-0.1, -0.05) is 13.0 Å². The standard InChI is InChI=1S/C15H23N5O/c1-3-19(9-14-6-4-5-12(2)18-14)10-15(21)11-20-8-13(16)7-17-20/h4-8,15,21H,3,9-11,16H2,1-2H3. The monoisotopic (exact) mass is 289 g/mol. The van der Waals surface area contributed by atoms with Gasteiger partial charge in [-0.2, -0.15) is 5.10 Å². The van der Waals surface area contributed by atoms with Crippen LogP contribution in [0.4, 0.5) is 5.69 Å². The molecule has 21 heavy (non-hydrogen) atoms. The molecule has 0 fully saturated rings. The number of hydrogen-bond donors (Lipinski definition) is 2. The van der Waals surface area contributed by atoms with E-state index < -0.39 is 6.10 Å². The fourth-order valence-corrected chi connectivity index (χ4v) is 2.27. The Kier molecular flexibility index (Phi) is 5.30. The average Bonchev–Trinajstić information content (AvgIpc) is 2.83. The Morgan fingerprint density at radius 3 is 2.86 bits per heavy atom. The minimum Gasteiger partial charge on any atom is -0.396 e. The number of nitrogen functional groups attached to an aromatic ring is 1. The van der Waals surface area contributed by atoms with Crippen molar-refractivity contribution in [3.8, 4) is 0 Å². The Morgan fingerprint density at radius 2 is 2.24 bits per heavy atom. The van der Waals surface area contributed by atoms with Crippen molar-refractivity contribution in [2.24, 2.45) is 0 Å². The van der Waals surface area contributed by atoms with Crippen molar-refractivity contribution >= 4 is 5.69 Å². The molecule has 0 amide bonds. The van der Waals surface area contributed by atoms with Crippen molar-refractivity contribution in [1.82, 2.24) is 19.7 Å². The van der Waals surface area contributed by atoms with Crippen LogP contribution in [0.2, 0.25) is 0 Å². The Hall–Kier alpha value is -1.92. The molecule has 2 aromatic rings. The van der Waals surface area contributed by atoms with Crippen LogP contribution in [0, 0.1) is 6.92 Å². The zero-order valence-corrected chi connectivity index (χ0v) is 12.6. The smallest absolute Gasteiger partial charge is 0.0862 e. The lowest BCUT2D eigenvalue weighted by molar-refractivity contribution is 0.0935. The van der Waals surface area contributed by atoms with Crippen LogP contribution in [-0.2, 0) is 13.1 Å². The minimum absolute atomic E-state index is 0.439. The lowest BCUT2D eigenvalue weighted by Crippen LogP contribution is -2.34. The molecule has 2 aromatic heterocycles. The van der Waals surface area contributed by atoms with Gasteiger partial charge in [0.2, 0.25) is 0 Å². The van der Waals surface area contributed by atoms with Gasteiger partial charge in [-0.05, 0) is 25.6 Å². The van der Waals surface area contributed by atoms with Gasteiger partial charge in [0, 0.05) is 25.0 Å². The molecule has 2 heterocycles. The zero-order valence-electron chi connectivity index (χ0n) is 12.6. The summed E-state index contributed by atoms with van der Waals surface area (Å²) in [5.41, 5.74) is 8.26. The second kappa shape index (κ2) is 7.19. The van der Waals surface area contributed by atoms with Gasteiger partial charge >= 0.3 is 0 Å². The van der Waals surface area contributed by atoms with Gasteiger partial charge in [0.15, 0.2) is 0 Å². The highest BCUT2D eigenvalue weighted by Crippen LogP contribution is 2.06. The molecule has 114 valence electrons. The first kappa shape index (κ1) is 15.5. The van der Waals surface area contributed by atoms with E-state index in [9.17, 15) is 5.11 Å². The van der Waals surface area contributed by atoms with Gasteiger partial charge in [0.05, 0.1) is 30.2 Å². The molecule has 0 aliphatic heterocycles. The SMILES string of the molecule is CCN(Cc1cccc(C)n1)CC(O)Cn1cc(N)cn1. The molecule has 0 spiro atoms. The molecule has 0 aliphatic carbocycles. The summed E-state index contributed by atoms with van der Waals surface area (Å²) >= 11 is 0. The molecule has 6 heteroatoms. The molecular weight excluding hydrogens is 266 g/mol. The first-order valence-corrected chi connectivity index (χ1v) is 7.17. The van der Waals surface area contributed by atoms with Gasteiger partial charge < -0.3 is 10.8 Å². The molecule has 1 unspecified atom stereocenters. The molecule has 0 aromatic carbocycles. The van der Waals surface area contributed by atoms with Crippen LogP contribution >= 0.6 is 0 Å². The largest absolute Gasteiger partial charge is 0.396 e. The summed E-state index contributed by atoms with van der Waals surface area (Å²) in [6.45, 7) is 6.66. The Labute approximate surface area is 125 Å². The second-order valence-electron chi connectivity index (χ2n) is 5.25. The summed E-state index contributed by atoms with van der Waals surface area (Å²) < 4.78 is 1.67. The Morgan fingerprint density at radius 1 is 1.43 bits per heavy atom. The summed E-state index contributed by atoms with van der Waals surface area (Å²) in [6, 6.07) is 6.00. The van der Waals surface area contributed by atoms with Crippen molar-refractivity contribution in [2.45, 2.75) is 33.0 Å². The van der Waals surface area contributed by atoms with E-state index in [1.54, 1.807) is 17.1 Å². The summed E-state index contributed by atoms with van der Waals surface area (Å²) in [4.78, 5) is 6.66. The molecule has 1 atom stereocenters. The molecule has 0 saturated carbocycles. The summed E-state index contributed by atoms with van der Waals surface area (Å²) in [7, 11) is 0. The summed E-state index contributed by atoms with van der Waals surface area (Å²) in [5, 5.41) is 14.3. The predicted octanol–water partition coefficient (Wildman–Crippen LogP) is 1.05. The average molecular weight is 289 g/mol. The number of pyridine rings is 1. The van der Waals surface area contributed by atoms with Gasteiger partial charge in [0.25, 0.3) is 0 Å². The van der Waals surface area contributed by atoms with E-state index in [4.69, 9.17) is 5.73 Å². The molecule has 0 aliphatic rings. The maximum atomic E-state index is 10.2. The van der Waals surface area contributed by atoms with Crippen molar-refractivity contribution in [2.75, 3.05) is 18.8 Å². The third kappa shape index (κ3) is 4.84. The summed E-state index contributed by atoms with van der Waals surface area (Å²) in [6.07, 6.45) is 2.82. The normalized spacial score (nSPS) is 12.8. The van der Waals surface area contributed by atoms with E-state index in [0.29, 0.717) is 18.8 Å². The number of likely N-dealkylation sites (N-methyl/N-ethyl adjacent to an activating group) is 1. The van der Waals surface area contributed by atoms with Crippen LogP contribution in [0.3, 0.4) is 0 Å². The van der Waals surface area contributed by atoms with Crippen LogP contribution in [0.1, 0.15) is 18.3 Å². The van der Waals surface area contributed by atoms with E-state index in [-0.39, 0.29) is 0 Å². The predicted molar refractivity (Wildman–Crippen MR) is 82.6 cm³/mol. The molecule has 0 radical (unpaired) electrons. The number of aliphatic hydroxyl groups is 1. The van der Waals surface area contributed by atoms with Gasteiger partial charge in [-0.3, -0.25) is 14.6 Å². The summed E-state index contributed by atoms with van der Waals surface area (Å²) in [5.74, 6) is 0. The Balaban J connectivity index is 1.89. The number of nitrogens with two attached hydrogens (primary N) is 1. The first-order valence-electron chi connectivity index (χ1n) is 7.17. The number of aryl methyl sites for hydroxylation is 1. The highest BCUT2D eigenvalue weighted by atomic mass is 16.3. The third-order valence-corrected chi connectivity index (χ3v) is 3.30. The number of rotatable bonds is 7. The highest BCUT2D eigenvalue weighted by Gasteiger charge is 2.12. The lowest BCUT2D eigenvalue weighted by Gasteiger charge is -2.23. The number of hydrogen-bond acceptors (Lipinski definition) is 5. The molecular formula is C15H23N5O. The Bertz CT molecular complexity index is 569. The van der Waals surface area contributed by atoms with E-state index in [0.717, 1.165) is 24.5 Å². The van der Waals surface area contributed by atoms with E-state index in [1.807, 2.05) is 25.1 Å².